The van der Waals surface area contributed by atoms with Crippen LogP contribution in [0.4, 0.5) is 14.6 Å². The van der Waals surface area contributed by atoms with Crippen LogP contribution in [0.5, 0.6) is 0 Å². The van der Waals surface area contributed by atoms with Gasteiger partial charge in [0.1, 0.15) is 17.5 Å². The van der Waals surface area contributed by atoms with Crippen LogP contribution in [0, 0.1) is 17.6 Å². The molecular weight excluding hydrogens is 480 g/mol. The summed E-state index contributed by atoms with van der Waals surface area (Å²) < 4.78 is 36.4. The number of hydrogen-bond acceptors (Lipinski definition) is 6. The van der Waals surface area contributed by atoms with E-state index in [2.05, 4.69) is 15.4 Å². The van der Waals surface area contributed by atoms with Gasteiger partial charge in [-0.05, 0) is 24.6 Å². The SMILES string of the molecule is O=c1c2cnn(Cc3c(F)cccc3F)c2ccn1-c1cc(N[C@H](CO)C2CCOC2)ncc1Cl. The second kappa shape index (κ2) is 9.73. The van der Waals surface area contributed by atoms with Crippen molar-refractivity contribution >= 4 is 28.3 Å². The first-order valence-electron chi connectivity index (χ1n) is 11.1. The number of nitrogens with zero attached hydrogens (tertiary/aromatic N) is 4. The van der Waals surface area contributed by atoms with E-state index in [1.807, 2.05) is 0 Å². The molecule has 3 aromatic heterocycles. The van der Waals surface area contributed by atoms with E-state index < -0.39 is 17.2 Å². The lowest BCUT2D eigenvalue weighted by Crippen LogP contribution is -2.33. The van der Waals surface area contributed by atoms with Crippen molar-refractivity contribution in [1.29, 1.82) is 0 Å². The molecule has 1 aliphatic rings. The molecule has 0 aliphatic carbocycles. The third kappa shape index (κ3) is 4.52. The zero-order valence-electron chi connectivity index (χ0n) is 18.5. The zero-order chi connectivity index (χ0) is 24.5. The third-order valence-corrected chi connectivity index (χ3v) is 6.53. The summed E-state index contributed by atoms with van der Waals surface area (Å²) in [4.78, 5) is 17.6. The quantitative estimate of drug-likeness (QED) is 0.403. The van der Waals surface area contributed by atoms with Crippen molar-refractivity contribution in [3.8, 4) is 5.69 Å². The number of pyridine rings is 2. The number of rotatable bonds is 7. The maximum absolute atomic E-state index is 14.1. The molecule has 0 spiro atoms. The maximum Gasteiger partial charge on any atom is 0.266 e. The van der Waals surface area contributed by atoms with E-state index in [9.17, 15) is 18.7 Å². The first kappa shape index (κ1) is 23.4. The van der Waals surface area contributed by atoms with Gasteiger partial charge in [0.15, 0.2) is 0 Å². The highest BCUT2D eigenvalue weighted by molar-refractivity contribution is 6.32. The molecule has 5 rings (SSSR count). The molecule has 1 aliphatic heterocycles. The Kier molecular flexibility index (Phi) is 6.50. The first-order valence-corrected chi connectivity index (χ1v) is 11.4. The normalized spacial score (nSPS) is 16.6. The highest BCUT2D eigenvalue weighted by atomic mass is 35.5. The van der Waals surface area contributed by atoms with Crippen LogP contribution in [0.25, 0.3) is 16.6 Å². The molecule has 2 atom stereocenters. The Morgan fingerprint density at radius 3 is 2.77 bits per heavy atom. The van der Waals surface area contributed by atoms with Gasteiger partial charge >= 0.3 is 0 Å². The average Bonchev–Trinajstić information content (AvgIpc) is 3.52. The molecule has 182 valence electrons. The molecule has 1 saturated heterocycles. The summed E-state index contributed by atoms with van der Waals surface area (Å²) in [5.74, 6) is -0.773. The number of ether oxygens (including phenoxy) is 1. The van der Waals surface area contributed by atoms with Gasteiger partial charge in [-0.3, -0.25) is 14.0 Å². The molecular formula is C24H22ClF2N5O3. The fourth-order valence-electron chi connectivity index (χ4n) is 4.29. The molecule has 0 radical (unpaired) electrons. The van der Waals surface area contributed by atoms with Crippen LogP contribution in [0.15, 0.2) is 53.7 Å². The molecule has 0 amide bonds. The Hall–Kier alpha value is -3.34. The second-order valence-electron chi connectivity index (χ2n) is 8.37. The molecule has 2 N–H and O–H groups in total. The molecule has 1 unspecified atom stereocenters. The number of fused-ring (bicyclic) bond motifs is 1. The highest BCUT2D eigenvalue weighted by Gasteiger charge is 2.26. The minimum Gasteiger partial charge on any atom is -0.394 e. The van der Waals surface area contributed by atoms with E-state index in [0.29, 0.717) is 30.2 Å². The molecule has 0 bridgehead atoms. The fourth-order valence-corrected chi connectivity index (χ4v) is 4.49. The Labute approximate surface area is 203 Å². The summed E-state index contributed by atoms with van der Waals surface area (Å²) in [6.45, 7) is 0.939. The summed E-state index contributed by atoms with van der Waals surface area (Å²) in [5, 5.41) is 17.7. The molecule has 8 nitrogen and oxygen atoms in total. The number of hydrogen-bond donors (Lipinski definition) is 2. The number of halogens is 3. The van der Waals surface area contributed by atoms with Crippen molar-refractivity contribution in [3.05, 3.63) is 81.5 Å². The van der Waals surface area contributed by atoms with Crippen LogP contribution in [0.1, 0.15) is 12.0 Å². The smallest absolute Gasteiger partial charge is 0.266 e. The van der Waals surface area contributed by atoms with Gasteiger partial charge in [0.05, 0.1) is 59.8 Å². The number of anilines is 1. The number of aliphatic hydroxyl groups is 1. The summed E-state index contributed by atoms with van der Waals surface area (Å²) in [6, 6.07) is 6.66. The van der Waals surface area contributed by atoms with Crippen LogP contribution < -0.4 is 10.9 Å². The third-order valence-electron chi connectivity index (χ3n) is 6.24. The lowest BCUT2D eigenvalue weighted by Gasteiger charge is -2.22. The van der Waals surface area contributed by atoms with Crippen molar-refractivity contribution in [3.63, 3.8) is 0 Å². The van der Waals surface area contributed by atoms with E-state index in [1.165, 1.54) is 46.0 Å². The van der Waals surface area contributed by atoms with E-state index in [0.717, 1.165) is 6.42 Å². The van der Waals surface area contributed by atoms with Gasteiger partial charge in [0.2, 0.25) is 0 Å². The topological polar surface area (TPSA) is 94.2 Å². The predicted molar refractivity (Wildman–Crippen MR) is 127 cm³/mol. The van der Waals surface area contributed by atoms with E-state index in [-0.39, 0.29) is 41.1 Å². The number of nitrogens with one attached hydrogen (secondary N) is 1. The summed E-state index contributed by atoms with van der Waals surface area (Å²) >= 11 is 6.38. The van der Waals surface area contributed by atoms with Gasteiger partial charge in [0, 0.05) is 30.4 Å². The van der Waals surface area contributed by atoms with Gasteiger partial charge in [-0.15, -0.1) is 0 Å². The lowest BCUT2D eigenvalue weighted by atomic mass is 10.00. The monoisotopic (exact) mass is 501 g/mol. The van der Waals surface area contributed by atoms with Crippen molar-refractivity contribution in [2.24, 2.45) is 5.92 Å². The lowest BCUT2D eigenvalue weighted by molar-refractivity contribution is 0.169. The van der Waals surface area contributed by atoms with Crippen molar-refractivity contribution in [2.45, 2.75) is 19.0 Å². The first-order chi connectivity index (χ1) is 17.0. The molecule has 4 aromatic rings. The van der Waals surface area contributed by atoms with Crippen molar-refractivity contribution < 1.29 is 18.6 Å². The van der Waals surface area contributed by atoms with Crippen molar-refractivity contribution in [1.82, 2.24) is 19.3 Å². The van der Waals surface area contributed by atoms with Gasteiger partial charge in [-0.25, -0.2) is 13.8 Å². The molecule has 1 aromatic carbocycles. The zero-order valence-corrected chi connectivity index (χ0v) is 19.3. The van der Waals surface area contributed by atoms with Gasteiger partial charge in [-0.1, -0.05) is 17.7 Å². The van der Waals surface area contributed by atoms with Crippen LogP contribution in [0.3, 0.4) is 0 Å². The second-order valence-corrected chi connectivity index (χ2v) is 8.78. The standard InChI is InChI=1S/C24H22ClF2N5O3/c25-17-10-28-23(30-20(12-33)14-5-7-35-13-14)8-22(17)31-6-4-21-15(24(31)34)9-29-32(21)11-16-18(26)2-1-3-19(16)27/h1-4,6,8-10,14,20,33H,5,7,11-13H2,(H,28,30)/t14?,20-/m1/s1. The van der Waals surface area contributed by atoms with Crippen LogP contribution >= 0.6 is 11.6 Å². The van der Waals surface area contributed by atoms with E-state index in [4.69, 9.17) is 16.3 Å². The van der Waals surface area contributed by atoms with Gasteiger partial charge in [0.25, 0.3) is 5.56 Å². The largest absolute Gasteiger partial charge is 0.394 e. The Balaban J connectivity index is 1.48. The molecule has 35 heavy (non-hydrogen) atoms. The Bertz CT molecular complexity index is 1410. The Morgan fingerprint density at radius 2 is 2.06 bits per heavy atom. The van der Waals surface area contributed by atoms with Gasteiger partial charge in [-0.2, -0.15) is 5.10 Å². The summed E-state index contributed by atoms with van der Waals surface area (Å²) in [5.41, 5.74) is 0.285. The minimum atomic E-state index is -0.684. The molecule has 0 saturated carbocycles. The summed E-state index contributed by atoms with van der Waals surface area (Å²) in [7, 11) is 0. The molecule has 1 fully saturated rings. The maximum atomic E-state index is 14.1. The summed E-state index contributed by atoms with van der Waals surface area (Å²) in [6.07, 6.45) is 5.15. The number of benzene rings is 1. The highest BCUT2D eigenvalue weighted by Crippen LogP contribution is 2.25. The average molecular weight is 502 g/mol. The van der Waals surface area contributed by atoms with E-state index in [1.54, 1.807) is 12.1 Å². The number of aromatic nitrogens is 4. The fraction of sp³-hybridized carbons (Fsp3) is 0.292. The minimum absolute atomic E-state index is 0.0959. The predicted octanol–water partition coefficient (Wildman–Crippen LogP) is 3.37. The van der Waals surface area contributed by atoms with Crippen LogP contribution in [0.2, 0.25) is 5.02 Å². The molecule has 11 heteroatoms. The van der Waals surface area contributed by atoms with Crippen LogP contribution in [-0.4, -0.2) is 50.3 Å². The van der Waals surface area contributed by atoms with E-state index >= 15 is 0 Å². The number of aliphatic hydroxyl groups excluding tert-OH is 1. The molecule has 4 heterocycles. The van der Waals surface area contributed by atoms with Gasteiger partial charge < -0.3 is 15.2 Å². The van der Waals surface area contributed by atoms with Crippen molar-refractivity contribution in [2.75, 3.05) is 25.1 Å². The Morgan fingerprint density at radius 1 is 1.26 bits per heavy atom. The van der Waals surface area contributed by atoms with Crippen LogP contribution in [-0.2, 0) is 11.3 Å².